The van der Waals surface area contributed by atoms with Gasteiger partial charge < -0.3 is 4.90 Å². The highest BCUT2D eigenvalue weighted by Gasteiger charge is 2.23. The van der Waals surface area contributed by atoms with Crippen molar-refractivity contribution < 1.29 is 9.46 Å². The molecule has 1 aromatic carbocycles. The van der Waals surface area contributed by atoms with Gasteiger partial charge in [0.25, 0.3) is 5.78 Å². The standard InChI is InChI=1S/C17H18N5O2P/c1-12-15(10-13-4-6-14(7-5-13)25(23)24)16(21-8-2-3-9-21)22-17(20-12)18-11-19-22/h4-7,11H,2-3,8-10H2,1H3/p+1. The third-order valence-electron chi connectivity index (χ3n) is 4.65. The largest absolute Gasteiger partial charge is 0.546 e. The van der Waals surface area contributed by atoms with E-state index in [1.807, 2.05) is 23.6 Å². The van der Waals surface area contributed by atoms with Crippen LogP contribution in [0.15, 0.2) is 30.6 Å². The number of nitrogens with zero attached hydrogens (tertiary/aromatic N) is 5. The zero-order valence-corrected chi connectivity index (χ0v) is 14.9. The molecule has 1 saturated heterocycles. The van der Waals surface area contributed by atoms with Gasteiger partial charge in [-0.1, -0.05) is 12.1 Å². The van der Waals surface area contributed by atoms with Crippen molar-refractivity contribution in [2.45, 2.75) is 26.2 Å². The number of aryl methyl sites for hydroxylation is 1. The van der Waals surface area contributed by atoms with Gasteiger partial charge in [0.2, 0.25) is 5.30 Å². The monoisotopic (exact) mass is 356 g/mol. The number of hydrogen-bond acceptors (Lipinski definition) is 5. The van der Waals surface area contributed by atoms with E-state index in [0.717, 1.165) is 35.7 Å². The summed E-state index contributed by atoms with van der Waals surface area (Å²) in [5, 5.41) is 4.82. The van der Waals surface area contributed by atoms with Crippen LogP contribution in [0.2, 0.25) is 0 Å². The maximum absolute atomic E-state index is 11.2. The Morgan fingerprint density at radius 3 is 2.60 bits per heavy atom. The molecular weight excluding hydrogens is 337 g/mol. The van der Waals surface area contributed by atoms with Gasteiger partial charge in [0, 0.05) is 30.8 Å². The zero-order valence-electron chi connectivity index (χ0n) is 14.0. The SMILES string of the molecule is Cc1nc2ncnn2c(N2CCCC2)c1Cc1ccc([P+](=O)O)cc1. The van der Waals surface area contributed by atoms with Gasteiger partial charge in [-0.05, 0) is 42.0 Å². The third kappa shape index (κ3) is 3.01. The van der Waals surface area contributed by atoms with Crippen LogP contribution in [0.4, 0.5) is 5.82 Å². The maximum Gasteiger partial charge on any atom is 0.546 e. The second-order valence-electron chi connectivity index (χ2n) is 6.28. The molecule has 25 heavy (non-hydrogen) atoms. The molecule has 1 aliphatic rings. The molecule has 1 atom stereocenters. The molecule has 1 fully saturated rings. The van der Waals surface area contributed by atoms with E-state index in [-0.39, 0.29) is 0 Å². The van der Waals surface area contributed by atoms with E-state index in [2.05, 4.69) is 20.0 Å². The first-order chi connectivity index (χ1) is 12.1. The van der Waals surface area contributed by atoms with Crippen molar-refractivity contribution >= 4 is 24.9 Å². The molecule has 1 aliphatic heterocycles. The fourth-order valence-electron chi connectivity index (χ4n) is 3.37. The summed E-state index contributed by atoms with van der Waals surface area (Å²) in [4.78, 5) is 20.4. The van der Waals surface area contributed by atoms with Crippen LogP contribution in [-0.2, 0) is 11.0 Å². The number of anilines is 1. The van der Waals surface area contributed by atoms with Crippen LogP contribution in [0.1, 0.15) is 29.7 Å². The van der Waals surface area contributed by atoms with Gasteiger partial charge in [-0.3, -0.25) is 0 Å². The van der Waals surface area contributed by atoms with Gasteiger partial charge in [0.05, 0.1) is 0 Å². The molecule has 0 spiro atoms. The van der Waals surface area contributed by atoms with E-state index in [0.29, 0.717) is 17.5 Å². The number of fused-ring (bicyclic) bond motifs is 1. The van der Waals surface area contributed by atoms with Crippen LogP contribution in [0, 0.1) is 6.92 Å². The molecule has 3 aromatic rings. The Balaban J connectivity index is 1.78. The quantitative estimate of drug-likeness (QED) is 0.720. The zero-order chi connectivity index (χ0) is 17.4. The minimum atomic E-state index is -2.30. The minimum Gasteiger partial charge on any atom is -0.356 e. The first-order valence-corrected chi connectivity index (χ1v) is 9.54. The smallest absolute Gasteiger partial charge is 0.356 e. The Kier molecular flexibility index (Phi) is 4.19. The summed E-state index contributed by atoms with van der Waals surface area (Å²) in [7, 11) is -2.30. The lowest BCUT2D eigenvalue weighted by Crippen LogP contribution is -2.24. The topological polar surface area (TPSA) is 83.6 Å². The lowest BCUT2D eigenvalue weighted by Gasteiger charge is -2.23. The highest BCUT2D eigenvalue weighted by atomic mass is 31.1. The van der Waals surface area contributed by atoms with Crippen molar-refractivity contribution in [1.29, 1.82) is 0 Å². The number of hydrogen-bond donors (Lipinski definition) is 1. The van der Waals surface area contributed by atoms with E-state index in [4.69, 9.17) is 0 Å². The molecule has 0 radical (unpaired) electrons. The Morgan fingerprint density at radius 1 is 1.20 bits per heavy atom. The molecule has 0 amide bonds. The molecule has 128 valence electrons. The first-order valence-electron chi connectivity index (χ1n) is 8.33. The molecule has 4 rings (SSSR count). The van der Waals surface area contributed by atoms with E-state index in [9.17, 15) is 9.46 Å². The summed E-state index contributed by atoms with van der Waals surface area (Å²) < 4.78 is 13.0. The van der Waals surface area contributed by atoms with Crippen LogP contribution >= 0.6 is 8.03 Å². The number of aromatic nitrogens is 4. The van der Waals surface area contributed by atoms with E-state index < -0.39 is 8.03 Å². The van der Waals surface area contributed by atoms with Crippen LogP contribution in [0.3, 0.4) is 0 Å². The predicted octanol–water partition coefficient (Wildman–Crippen LogP) is 1.98. The molecule has 7 nitrogen and oxygen atoms in total. The Morgan fingerprint density at radius 2 is 1.92 bits per heavy atom. The Bertz CT molecular complexity index is 932. The first kappa shape index (κ1) is 16.1. The Labute approximate surface area is 146 Å². The van der Waals surface area contributed by atoms with Gasteiger partial charge in [0.15, 0.2) is 0 Å². The van der Waals surface area contributed by atoms with Crippen LogP contribution in [-0.4, -0.2) is 37.6 Å². The summed E-state index contributed by atoms with van der Waals surface area (Å²) in [5.41, 5.74) is 3.14. The van der Waals surface area contributed by atoms with E-state index in [1.54, 1.807) is 12.1 Å². The van der Waals surface area contributed by atoms with Crippen LogP contribution < -0.4 is 10.2 Å². The van der Waals surface area contributed by atoms with Crippen molar-refractivity contribution in [3.05, 3.63) is 47.4 Å². The third-order valence-corrected chi connectivity index (χ3v) is 5.39. The normalized spacial score (nSPS) is 15.1. The lowest BCUT2D eigenvalue weighted by molar-refractivity contribution is 0.513. The number of rotatable bonds is 4. The second kappa shape index (κ2) is 6.50. The summed E-state index contributed by atoms with van der Waals surface area (Å²) in [6.07, 6.45) is 4.59. The molecule has 1 unspecified atom stereocenters. The van der Waals surface area contributed by atoms with E-state index in [1.165, 1.54) is 19.2 Å². The predicted molar refractivity (Wildman–Crippen MR) is 95.7 cm³/mol. The summed E-state index contributed by atoms with van der Waals surface area (Å²) in [6, 6.07) is 7.22. The fourth-order valence-corrected chi connectivity index (χ4v) is 3.78. The van der Waals surface area contributed by atoms with Gasteiger partial charge in [-0.2, -0.15) is 19.5 Å². The summed E-state index contributed by atoms with van der Waals surface area (Å²) in [5.74, 6) is 1.69. The molecule has 3 heterocycles. The minimum absolute atomic E-state index is 0.445. The average Bonchev–Trinajstić information content (AvgIpc) is 3.27. The average molecular weight is 356 g/mol. The van der Waals surface area contributed by atoms with Gasteiger partial charge >= 0.3 is 8.03 Å². The molecule has 0 aliphatic carbocycles. The fraction of sp³-hybridized carbons (Fsp3) is 0.353. The molecule has 8 heteroatoms. The van der Waals surface area contributed by atoms with Crippen molar-refractivity contribution in [1.82, 2.24) is 19.6 Å². The van der Waals surface area contributed by atoms with Crippen LogP contribution in [0.5, 0.6) is 0 Å². The lowest BCUT2D eigenvalue weighted by atomic mass is 10.0. The van der Waals surface area contributed by atoms with Gasteiger partial charge in [0.1, 0.15) is 12.1 Å². The van der Waals surface area contributed by atoms with Crippen LogP contribution in [0.25, 0.3) is 5.78 Å². The molecule has 1 N–H and O–H groups in total. The Hall–Kier alpha value is -2.37. The van der Waals surface area contributed by atoms with Crippen molar-refractivity contribution in [3.63, 3.8) is 0 Å². The van der Waals surface area contributed by atoms with Crippen molar-refractivity contribution in [3.8, 4) is 0 Å². The summed E-state index contributed by atoms with van der Waals surface area (Å²) in [6.45, 7) is 4.02. The summed E-state index contributed by atoms with van der Waals surface area (Å²) >= 11 is 0. The van der Waals surface area contributed by atoms with Gasteiger partial charge in [-0.25, -0.2) is 4.98 Å². The molecule has 0 bridgehead atoms. The van der Waals surface area contributed by atoms with Gasteiger partial charge in [-0.15, -0.1) is 0 Å². The van der Waals surface area contributed by atoms with Crippen molar-refractivity contribution in [2.24, 2.45) is 0 Å². The molecule has 2 aromatic heterocycles. The molecule has 0 saturated carbocycles. The second-order valence-corrected chi connectivity index (χ2v) is 7.34. The molecular formula is C17H19N5O2P+. The van der Waals surface area contributed by atoms with Crippen molar-refractivity contribution in [2.75, 3.05) is 18.0 Å². The maximum atomic E-state index is 11.2. The van der Waals surface area contributed by atoms with E-state index >= 15 is 0 Å². The number of benzene rings is 1. The highest BCUT2D eigenvalue weighted by Crippen LogP contribution is 2.28. The highest BCUT2D eigenvalue weighted by molar-refractivity contribution is 7.47.